The molecule has 1 atom stereocenters. The fraction of sp³-hybridized carbons (Fsp3) is 0.0714. The summed E-state index contributed by atoms with van der Waals surface area (Å²) >= 11 is 0. The van der Waals surface area contributed by atoms with Crippen LogP contribution in [0, 0.1) is 0 Å². The number of carbonyl (C=O) groups excluding carboxylic acids is 1. The predicted molar refractivity (Wildman–Crippen MR) is 70.1 cm³/mol. The molecule has 0 heterocycles. The van der Waals surface area contributed by atoms with Gasteiger partial charge in [0, 0.05) is 0 Å². The van der Waals surface area contributed by atoms with E-state index < -0.39 is 6.04 Å². The molecule has 0 unspecified atom stereocenters. The number of carbonyl (C=O) groups is 1. The van der Waals surface area contributed by atoms with Gasteiger partial charge in [0.25, 0.3) is 0 Å². The van der Waals surface area contributed by atoms with Crippen molar-refractivity contribution < 1.29 is 9.90 Å². The van der Waals surface area contributed by atoms with Crippen LogP contribution in [0.2, 0.25) is 0 Å². The molecular weight excluding hydrogens is 228 g/mol. The third-order valence-electron chi connectivity index (χ3n) is 2.60. The summed E-state index contributed by atoms with van der Waals surface area (Å²) in [6.07, 6.45) is 0. The first-order valence-electron chi connectivity index (χ1n) is 5.58. The van der Waals surface area contributed by atoms with Crippen LogP contribution < -0.4 is 11.1 Å². The minimum absolute atomic E-state index is 0.0195. The Balaban J connectivity index is 2.12. The van der Waals surface area contributed by atoms with Crippen LogP contribution >= 0.6 is 0 Å². The third-order valence-corrected chi connectivity index (χ3v) is 2.60. The minimum atomic E-state index is -0.759. The molecule has 0 aliphatic heterocycles. The lowest BCUT2D eigenvalue weighted by Crippen LogP contribution is -2.27. The number of aromatic hydroxyl groups is 1. The fourth-order valence-corrected chi connectivity index (χ4v) is 1.60. The number of benzene rings is 2. The molecule has 2 aromatic carbocycles. The Morgan fingerprint density at radius 1 is 1.06 bits per heavy atom. The number of nitrogens with one attached hydrogen (secondary N) is 1. The number of rotatable bonds is 3. The van der Waals surface area contributed by atoms with Crippen LogP contribution in [0.3, 0.4) is 0 Å². The van der Waals surface area contributed by atoms with Crippen LogP contribution in [0.4, 0.5) is 5.69 Å². The van der Waals surface area contributed by atoms with Gasteiger partial charge >= 0.3 is 0 Å². The second-order valence-electron chi connectivity index (χ2n) is 3.89. The van der Waals surface area contributed by atoms with Gasteiger partial charge in [-0.25, -0.2) is 0 Å². The molecule has 92 valence electrons. The van der Waals surface area contributed by atoms with Gasteiger partial charge in [-0.15, -0.1) is 0 Å². The van der Waals surface area contributed by atoms with Crippen molar-refractivity contribution >= 4 is 11.6 Å². The number of anilines is 1. The van der Waals surface area contributed by atoms with E-state index in [4.69, 9.17) is 5.73 Å². The van der Waals surface area contributed by atoms with Gasteiger partial charge in [0.1, 0.15) is 11.8 Å². The fourth-order valence-electron chi connectivity index (χ4n) is 1.60. The van der Waals surface area contributed by atoms with Gasteiger partial charge in [-0.3, -0.25) is 4.79 Å². The lowest BCUT2D eigenvalue weighted by molar-refractivity contribution is -0.117. The zero-order chi connectivity index (χ0) is 13.0. The lowest BCUT2D eigenvalue weighted by atomic mass is 10.1. The van der Waals surface area contributed by atoms with Crippen molar-refractivity contribution in [2.45, 2.75) is 6.04 Å². The van der Waals surface area contributed by atoms with E-state index in [1.807, 2.05) is 18.2 Å². The second-order valence-corrected chi connectivity index (χ2v) is 3.89. The van der Waals surface area contributed by atoms with Crippen LogP contribution in [0.15, 0.2) is 54.6 Å². The molecule has 0 aromatic heterocycles. The molecular formula is C14H14N2O2. The van der Waals surface area contributed by atoms with Crippen LogP contribution in [0.25, 0.3) is 0 Å². The van der Waals surface area contributed by atoms with Gasteiger partial charge in [-0.1, -0.05) is 42.5 Å². The average Bonchev–Trinajstić information content (AvgIpc) is 2.41. The SMILES string of the molecule is N[C@H](C(=O)Nc1ccccc1O)c1ccccc1. The summed E-state index contributed by atoms with van der Waals surface area (Å²) in [7, 11) is 0. The van der Waals surface area contributed by atoms with Gasteiger partial charge in [0.05, 0.1) is 5.69 Å². The summed E-state index contributed by atoms with van der Waals surface area (Å²) in [5.41, 5.74) is 6.93. The van der Waals surface area contributed by atoms with Crippen molar-refractivity contribution in [3.05, 3.63) is 60.2 Å². The Morgan fingerprint density at radius 2 is 1.67 bits per heavy atom. The zero-order valence-electron chi connectivity index (χ0n) is 9.71. The molecule has 0 saturated carbocycles. The van der Waals surface area contributed by atoms with E-state index in [0.717, 1.165) is 5.56 Å². The largest absolute Gasteiger partial charge is 0.506 e. The Morgan fingerprint density at radius 3 is 2.33 bits per heavy atom. The lowest BCUT2D eigenvalue weighted by Gasteiger charge is -2.13. The number of phenolic OH excluding ortho intramolecular Hbond substituents is 1. The highest BCUT2D eigenvalue weighted by molar-refractivity contribution is 5.96. The maximum absolute atomic E-state index is 11.9. The van der Waals surface area contributed by atoms with E-state index in [0.29, 0.717) is 5.69 Å². The quantitative estimate of drug-likeness (QED) is 0.721. The maximum atomic E-state index is 11.9. The topological polar surface area (TPSA) is 75.4 Å². The van der Waals surface area contributed by atoms with E-state index in [9.17, 15) is 9.90 Å². The summed E-state index contributed by atoms with van der Waals surface area (Å²) in [5.74, 6) is -0.339. The van der Waals surface area contributed by atoms with Gasteiger partial charge in [-0.2, -0.15) is 0 Å². The molecule has 0 fully saturated rings. The van der Waals surface area contributed by atoms with E-state index >= 15 is 0 Å². The van der Waals surface area contributed by atoms with Crippen LogP contribution in [-0.4, -0.2) is 11.0 Å². The standard InChI is InChI=1S/C14H14N2O2/c15-13(10-6-2-1-3-7-10)14(18)16-11-8-4-5-9-12(11)17/h1-9,13,17H,15H2,(H,16,18)/t13-/m0/s1. The molecule has 0 aliphatic carbocycles. The summed E-state index contributed by atoms with van der Waals surface area (Å²) in [5, 5.41) is 12.2. The Hall–Kier alpha value is -2.33. The third kappa shape index (κ3) is 2.67. The Labute approximate surface area is 105 Å². The highest BCUT2D eigenvalue weighted by Gasteiger charge is 2.16. The molecule has 2 rings (SSSR count). The Kier molecular flexibility index (Phi) is 3.60. The molecule has 4 nitrogen and oxygen atoms in total. The number of amides is 1. The average molecular weight is 242 g/mol. The second kappa shape index (κ2) is 5.33. The van der Waals surface area contributed by atoms with Crippen LogP contribution in [0.1, 0.15) is 11.6 Å². The molecule has 0 aliphatic rings. The van der Waals surface area contributed by atoms with Gasteiger partial charge < -0.3 is 16.2 Å². The first kappa shape index (κ1) is 12.1. The van der Waals surface area contributed by atoms with Gasteiger partial charge in [-0.05, 0) is 17.7 Å². The van der Waals surface area contributed by atoms with Crippen molar-refractivity contribution in [2.75, 3.05) is 5.32 Å². The number of phenols is 1. The first-order valence-corrected chi connectivity index (χ1v) is 5.58. The number of hydrogen-bond acceptors (Lipinski definition) is 3. The van der Waals surface area contributed by atoms with Crippen LogP contribution in [0.5, 0.6) is 5.75 Å². The van der Waals surface area contributed by atoms with Crippen molar-refractivity contribution in [2.24, 2.45) is 5.73 Å². The smallest absolute Gasteiger partial charge is 0.245 e. The zero-order valence-corrected chi connectivity index (χ0v) is 9.71. The molecule has 4 heteroatoms. The Bertz CT molecular complexity index is 541. The van der Waals surface area contributed by atoms with Crippen molar-refractivity contribution in [3.8, 4) is 5.75 Å². The summed E-state index contributed by atoms with van der Waals surface area (Å²) in [6.45, 7) is 0. The molecule has 0 radical (unpaired) electrons. The summed E-state index contributed by atoms with van der Waals surface area (Å²) in [4.78, 5) is 11.9. The molecule has 1 amide bonds. The summed E-state index contributed by atoms with van der Waals surface area (Å²) in [6, 6.07) is 14.8. The molecule has 18 heavy (non-hydrogen) atoms. The first-order chi connectivity index (χ1) is 8.68. The van der Waals surface area contributed by atoms with Crippen molar-refractivity contribution in [1.82, 2.24) is 0 Å². The minimum Gasteiger partial charge on any atom is -0.506 e. The van der Waals surface area contributed by atoms with E-state index in [-0.39, 0.29) is 11.7 Å². The predicted octanol–water partition coefficient (Wildman–Crippen LogP) is 2.03. The molecule has 0 spiro atoms. The van der Waals surface area contributed by atoms with Crippen molar-refractivity contribution in [1.29, 1.82) is 0 Å². The number of hydrogen-bond donors (Lipinski definition) is 3. The number of para-hydroxylation sites is 2. The maximum Gasteiger partial charge on any atom is 0.245 e. The van der Waals surface area contributed by atoms with Crippen molar-refractivity contribution in [3.63, 3.8) is 0 Å². The van der Waals surface area contributed by atoms with Crippen LogP contribution in [-0.2, 0) is 4.79 Å². The highest BCUT2D eigenvalue weighted by atomic mass is 16.3. The summed E-state index contributed by atoms with van der Waals surface area (Å²) < 4.78 is 0. The normalized spacial score (nSPS) is 11.8. The van der Waals surface area contributed by atoms with Gasteiger partial charge in [0.2, 0.25) is 5.91 Å². The highest BCUT2D eigenvalue weighted by Crippen LogP contribution is 2.22. The molecule has 2 aromatic rings. The van der Waals surface area contributed by atoms with E-state index in [2.05, 4.69) is 5.32 Å². The molecule has 0 saturated heterocycles. The molecule has 4 N–H and O–H groups in total. The van der Waals surface area contributed by atoms with E-state index in [1.165, 1.54) is 6.07 Å². The molecule has 0 bridgehead atoms. The van der Waals surface area contributed by atoms with Gasteiger partial charge in [0.15, 0.2) is 0 Å². The number of nitrogens with two attached hydrogens (primary N) is 1. The van der Waals surface area contributed by atoms with E-state index in [1.54, 1.807) is 30.3 Å². The monoisotopic (exact) mass is 242 g/mol.